The van der Waals surface area contributed by atoms with Crippen molar-refractivity contribution in [1.29, 1.82) is 0 Å². The van der Waals surface area contributed by atoms with E-state index in [1.165, 1.54) is 18.9 Å². The van der Waals surface area contributed by atoms with E-state index in [1.54, 1.807) is 36.1 Å². The maximum absolute atomic E-state index is 13.2. The van der Waals surface area contributed by atoms with Gasteiger partial charge in [0.1, 0.15) is 6.61 Å². The van der Waals surface area contributed by atoms with E-state index in [0.717, 1.165) is 5.56 Å². The predicted molar refractivity (Wildman–Crippen MR) is 121 cm³/mol. The van der Waals surface area contributed by atoms with Gasteiger partial charge in [0, 0.05) is 0 Å². The van der Waals surface area contributed by atoms with E-state index in [4.69, 9.17) is 9.47 Å². The molecular weight excluding hydrogens is 428 g/mol. The molecule has 32 heavy (non-hydrogen) atoms. The summed E-state index contributed by atoms with van der Waals surface area (Å²) in [5.41, 5.74) is 2.73. The Hall–Kier alpha value is -3.39. The van der Waals surface area contributed by atoms with Gasteiger partial charge in [-0.1, -0.05) is 54.2 Å². The number of amidine groups is 1. The topological polar surface area (TPSA) is 85.3 Å². The Morgan fingerprint density at radius 2 is 1.75 bits per heavy atom. The summed E-state index contributed by atoms with van der Waals surface area (Å²) in [7, 11) is 1.31. The molecule has 2 aliphatic heterocycles. The van der Waals surface area contributed by atoms with E-state index in [1.807, 2.05) is 37.3 Å². The molecular formula is C24H22N2O5S. The number of esters is 2. The van der Waals surface area contributed by atoms with E-state index in [0.29, 0.717) is 27.6 Å². The SMILES string of the molecule is COC(=O)c1ccc([C@@H]2C(C(=O)OCc3ccccc3)=C(C)N=C3S[C@H](C)C(=O)N32)cc1. The normalized spacial score (nSPS) is 20.0. The van der Waals surface area contributed by atoms with Crippen LogP contribution in [-0.2, 0) is 25.7 Å². The molecule has 0 radical (unpaired) electrons. The highest BCUT2D eigenvalue weighted by Crippen LogP contribution is 2.43. The van der Waals surface area contributed by atoms with Gasteiger partial charge in [0.25, 0.3) is 0 Å². The molecule has 1 fully saturated rings. The Kier molecular flexibility index (Phi) is 6.14. The van der Waals surface area contributed by atoms with E-state index in [2.05, 4.69) is 4.99 Å². The average molecular weight is 451 g/mol. The van der Waals surface area contributed by atoms with Gasteiger partial charge < -0.3 is 9.47 Å². The molecule has 2 aliphatic rings. The minimum Gasteiger partial charge on any atom is -0.465 e. The van der Waals surface area contributed by atoms with Crippen LogP contribution in [-0.4, -0.2) is 40.3 Å². The van der Waals surface area contributed by atoms with Crippen molar-refractivity contribution >= 4 is 34.8 Å². The molecule has 0 aliphatic carbocycles. The molecule has 0 bridgehead atoms. The fraction of sp³-hybridized carbons (Fsp3) is 0.250. The quantitative estimate of drug-likeness (QED) is 0.643. The van der Waals surface area contributed by atoms with Gasteiger partial charge in [-0.25, -0.2) is 14.6 Å². The van der Waals surface area contributed by atoms with Crippen LogP contribution in [0, 0.1) is 0 Å². The first kappa shape index (κ1) is 21.8. The highest BCUT2D eigenvalue weighted by Gasteiger charge is 2.46. The number of carbonyl (C=O) groups excluding carboxylic acids is 3. The summed E-state index contributed by atoms with van der Waals surface area (Å²) in [6, 6.07) is 15.4. The van der Waals surface area contributed by atoms with Crippen LogP contribution in [0.4, 0.5) is 0 Å². The van der Waals surface area contributed by atoms with Gasteiger partial charge in [-0.2, -0.15) is 0 Å². The van der Waals surface area contributed by atoms with Crippen molar-refractivity contribution in [3.8, 4) is 0 Å². The predicted octanol–water partition coefficient (Wildman–Crippen LogP) is 3.87. The Labute approximate surface area is 190 Å². The smallest absolute Gasteiger partial charge is 0.338 e. The Morgan fingerprint density at radius 1 is 1.06 bits per heavy atom. The van der Waals surface area contributed by atoms with E-state index < -0.39 is 18.0 Å². The lowest BCUT2D eigenvalue weighted by Gasteiger charge is -2.33. The number of allylic oxidation sites excluding steroid dienone is 1. The van der Waals surface area contributed by atoms with Crippen molar-refractivity contribution < 1.29 is 23.9 Å². The van der Waals surface area contributed by atoms with Crippen molar-refractivity contribution in [2.75, 3.05) is 7.11 Å². The zero-order chi connectivity index (χ0) is 22.8. The average Bonchev–Trinajstić information content (AvgIpc) is 3.09. The van der Waals surface area contributed by atoms with Gasteiger partial charge in [-0.3, -0.25) is 9.69 Å². The van der Waals surface area contributed by atoms with Crippen LogP contribution in [0.1, 0.15) is 41.4 Å². The third-order valence-corrected chi connectivity index (χ3v) is 6.39. The summed E-state index contributed by atoms with van der Waals surface area (Å²) >= 11 is 1.36. The van der Waals surface area contributed by atoms with Crippen LogP contribution in [0.5, 0.6) is 0 Å². The zero-order valence-electron chi connectivity index (χ0n) is 17.9. The van der Waals surface area contributed by atoms with Gasteiger partial charge >= 0.3 is 11.9 Å². The van der Waals surface area contributed by atoms with Crippen LogP contribution < -0.4 is 0 Å². The van der Waals surface area contributed by atoms with Crippen LogP contribution in [0.25, 0.3) is 0 Å². The molecule has 0 unspecified atom stereocenters. The number of fused-ring (bicyclic) bond motifs is 1. The van der Waals surface area contributed by atoms with E-state index >= 15 is 0 Å². The highest BCUT2D eigenvalue weighted by molar-refractivity contribution is 8.15. The van der Waals surface area contributed by atoms with Crippen LogP contribution >= 0.6 is 11.8 Å². The number of benzene rings is 2. The Morgan fingerprint density at radius 3 is 2.41 bits per heavy atom. The lowest BCUT2D eigenvalue weighted by molar-refractivity contribution is -0.141. The fourth-order valence-electron chi connectivity index (χ4n) is 3.70. The first-order valence-electron chi connectivity index (χ1n) is 10.1. The molecule has 2 aromatic rings. The maximum Gasteiger partial charge on any atom is 0.338 e. The number of aliphatic imine (C=N–C) groups is 1. The minimum absolute atomic E-state index is 0.111. The number of hydrogen-bond acceptors (Lipinski definition) is 7. The zero-order valence-corrected chi connectivity index (χ0v) is 18.7. The second kappa shape index (κ2) is 9.00. The molecule has 1 saturated heterocycles. The molecule has 0 saturated carbocycles. The molecule has 0 N–H and O–H groups in total. The second-order valence-corrected chi connectivity index (χ2v) is 8.75. The van der Waals surface area contributed by atoms with Crippen molar-refractivity contribution in [1.82, 2.24) is 4.90 Å². The van der Waals surface area contributed by atoms with Gasteiger partial charge in [-0.05, 0) is 37.1 Å². The number of rotatable bonds is 5. The van der Waals surface area contributed by atoms with Crippen LogP contribution in [0.2, 0.25) is 0 Å². The number of carbonyl (C=O) groups is 3. The Balaban J connectivity index is 1.70. The van der Waals surface area contributed by atoms with Gasteiger partial charge in [0.05, 0.1) is 35.2 Å². The third-order valence-electron chi connectivity index (χ3n) is 5.34. The van der Waals surface area contributed by atoms with E-state index in [-0.39, 0.29) is 17.8 Å². The summed E-state index contributed by atoms with van der Waals surface area (Å²) in [5.74, 6) is -1.12. The van der Waals surface area contributed by atoms with Crippen LogP contribution in [0.3, 0.4) is 0 Å². The highest BCUT2D eigenvalue weighted by atomic mass is 32.2. The minimum atomic E-state index is -0.692. The second-order valence-electron chi connectivity index (χ2n) is 7.44. The van der Waals surface area contributed by atoms with Crippen molar-refractivity contribution in [3.63, 3.8) is 0 Å². The molecule has 0 spiro atoms. The number of hydrogen-bond donors (Lipinski definition) is 0. The molecule has 164 valence electrons. The number of nitrogens with zero attached hydrogens (tertiary/aromatic N) is 2. The molecule has 4 rings (SSSR count). The molecule has 1 amide bonds. The molecule has 2 atom stereocenters. The molecule has 8 heteroatoms. The molecule has 2 heterocycles. The molecule has 2 aromatic carbocycles. The molecule has 0 aromatic heterocycles. The summed E-state index contributed by atoms with van der Waals surface area (Å²) < 4.78 is 10.4. The summed E-state index contributed by atoms with van der Waals surface area (Å²) in [5, 5.41) is 0.250. The van der Waals surface area contributed by atoms with Crippen molar-refractivity contribution in [2.45, 2.75) is 31.7 Å². The van der Waals surface area contributed by atoms with Gasteiger partial charge in [0.15, 0.2) is 5.17 Å². The standard InChI is InChI=1S/C24H22N2O5S/c1-14-19(23(29)31-13-16-7-5-4-6-8-16)20(26-21(27)15(2)32-24(26)25-14)17-9-11-18(12-10-17)22(28)30-3/h4-12,15,20H,13H2,1-3H3/t15-,20-/m1/s1. The summed E-state index contributed by atoms with van der Waals surface area (Å²) in [6.07, 6.45) is 0. The lowest BCUT2D eigenvalue weighted by Crippen LogP contribution is -2.40. The summed E-state index contributed by atoms with van der Waals surface area (Å²) in [6.45, 7) is 3.67. The summed E-state index contributed by atoms with van der Waals surface area (Å²) in [4.78, 5) is 44.1. The van der Waals surface area contributed by atoms with Gasteiger partial charge in [-0.15, -0.1) is 0 Å². The monoisotopic (exact) mass is 450 g/mol. The largest absolute Gasteiger partial charge is 0.465 e. The number of thioether (sulfide) groups is 1. The van der Waals surface area contributed by atoms with Crippen molar-refractivity contribution in [2.24, 2.45) is 4.99 Å². The molecule has 7 nitrogen and oxygen atoms in total. The van der Waals surface area contributed by atoms with E-state index in [9.17, 15) is 14.4 Å². The number of methoxy groups -OCH3 is 1. The van der Waals surface area contributed by atoms with Crippen molar-refractivity contribution in [3.05, 3.63) is 82.6 Å². The lowest BCUT2D eigenvalue weighted by atomic mass is 9.93. The van der Waals surface area contributed by atoms with Crippen LogP contribution in [0.15, 0.2) is 70.9 Å². The fourth-order valence-corrected chi connectivity index (χ4v) is 4.73. The van der Waals surface area contributed by atoms with Gasteiger partial charge in [0.2, 0.25) is 5.91 Å². The third kappa shape index (κ3) is 4.05. The first-order chi connectivity index (χ1) is 15.4. The number of ether oxygens (including phenoxy) is 2. The maximum atomic E-state index is 13.2. The Bertz CT molecular complexity index is 1120. The first-order valence-corrected chi connectivity index (χ1v) is 11.0. The number of amides is 1.